The fourth-order valence-corrected chi connectivity index (χ4v) is 4.26. The number of carbonyl (C=O) groups excluding carboxylic acids is 2. The number of benzene rings is 1. The summed E-state index contributed by atoms with van der Waals surface area (Å²) in [6.45, 7) is 4.17. The Bertz CT molecular complexity index is 939. The van der Waals surface area contributed by atoms with Crippen molar-refractivity contribution in [3.63, 3.8) is 0 Å². The van der Waals surface area contributed by atoms with Crippen molar-refractivity contribution in [2.24, 2.45) is 0 Å². The summed E-state index contributed by atoms with van der Waals surface area (Å²) in [6.07, 6.45) is 1.66. The van der Waals surface area contributed by atoms with Crippen LogP contribution in [-0.4, -0.2) is 65.2 Å². The van der Waals surface area contributed by atoms with Gasteiger partial charge in [0.1, 0.15) is 5.75 Å². The van der Waals surface area contributed by atoms with E-state index in [-0.39, 0.29) is 18.4 Å². The van der Waals surface area contributed by atoms with E-state index in [4.69, 9.17) is 25.6 Å². The maximum Gasteiger partial charge on any atom is 0.260 e. The van der Waals surface area contributed by atoms with Crippen LogP contribution >= 0.6 is 11.6 Å². The Morgan fingerprint density at radius 1 is 1.29 bits per heavy atom. The second kappa shape index (κ2) is 9.28. The first-order valence-corrected chi connectivity index (χ1v) is 10.8. The second-order valence-electron chi connectivity index (χ2n) is 8.09. The Balaban J connectivity index is 1.33. The minimum atomic E-state index is -0.453. The van der Waals surface area contributed by atoms with Crippen LogP contribution in [0, 0.1) is 6.92 Å². The number of nitrogens with zero attached hydrogens (tertiary/aromatic N) is 3. The highest BCUT2D eigenvalue weighted by atomic mass is 35.5. The summed E-state index contributed by atoms with van der Waals surface area (Å²) in [5.41, 5.74) is 0.335. The van der Waals surface area contributed by atoms with Crippen LogP contribution in [0.5, 0.6) is 5.75 Å². The first-order valence-electron chi connectivity index (χ1n) is 10.4. The van der Waals surface area contributed by atoms with Crippen molar-refractivity contribution >= 4 is 23.4 Å². The molecule has 8 nitrogen and oxygen atoms in total. The highest BCUT2D eigenvalue weighted by Gasteiger charge is 2.41. The fourth-order valence-electron chi connectivity index (χ4n) is 4.08. The van der Waals surface area contributed by atoms with Crippen molar-refractivity contribution in [1.82, 2.24) is 15.0 Å². The van der Waals surface area contributed by atoms with E-state index in [0.717, 1.165) is 5.69 Å². The molecule has 2 fully saturated rings. The molecule has 1 aromatic heterocycles. The molecule has 2 saturated heterocycles. The Kier molecular flexibility index (Phi) is 6.48. The topological polar surface area (TPSA) is 85.1 Å². The summed E-state index contributed by atoms with van der Waals surface area (Å²) in [5, 5.41) is 4.47. The molecule has 2 amide bonds. The van der Waals surface area contributed by atoms with E-state index < -0.39 is 5.60 Å². The molecule has 9 heteroatoms. The fraction of sp³-hybridized carbons (Fsp3) is 0.500. The minimum Gasteiger partial charge on any atom is -0.484 e. The van der Waals surface area contributed by atoms with Crippen molar-refractivity contribution in [3.05, 3.63) is 46.8 Å². The number of rotatable bonds is 5. The average molecular weight is 448 g/mol. The first-order chi connectivity index (χ1) is 14.9. The Morgan fingerprint density at radius 2 is 2.10 bits per heavy atom. The molecule has 2 aliphatic rings. The SMILES string of the molecule is Cc1cc(CN2CC3(CCN(C(=O)COc4cccc(Cl)c4)CC3)OCCC2=O)on1. The van der Waals surface area contributed by atoms with Crippen molar-refractivity contribution in [3.8, 4) is 5.75 Å². The van der Waals surface area contributed by atoms with Gasteiger partial charge in [-0.05, 0) is 38.0 Å². The first kappa shape index (κ1) is 21.6. The molecule has 0 radical (unpaired) electrons. The van der Waals surface area contributed by atoms with Gasteiger partial charge in [0.15, 0.2) is 12.4 Å². The lowest BCUT2D eigenvalue weighted by Crippen LogP contribution is -2.53. The third-order valence-corrected chi connectivity index (χ3v) is 6.00. The number of hydrogen-bond acceptors (Lipinski definition) is 6. The van der Waals surface area contributed by atoms with Crippen molar-refractivity contribution < 1.29 is 23.6 Å². The molecule has 0 aliphatic carbocycles. The summed E-state index contributed by atoms with van der Waals surface area (Å²) in [6, 6.07) is 8.83. The van der Waals surface area contributed by atoms with Gasteiger partial charge in [-0.3, -0.25) is 9.59 Å². The quantitative estimate of drug-likeness (QED) is 0.700. The van der Waals surface area contributed by atoms with Gasteiger partial charge in [0.2, 0.25) is 5.91 Å². The van der Waals surface area contributed by atoms with Gasteiger partial charge in [-0.15, -0.1) is 0 Å². The lowest BCUT2D eigenvalue weighted by molar-refractivity contribution is -0.142. The third kappa shape index (κ3) is 5.37. The smallest absolute Gasteiger partial charge is 0.260 e. The summed E-state index contributed by atoms with van der Waals surface area (Å²) in [4.78, 5) is 28.7. The summed E-state index contributed by atoms with van der Waals surface area (Å²) in [7, 11) is 0. The maximum absolute atomic E-state index is 12.6. The van der Waals surface area contributed by atoms with Crippen molar-refractivity contribution in [2.45, 2.75) is 38.3 Å². The zero-order chi connectivity index (χ0) is 21.8. The van der Waals surface area contributed by atoms with Crippen LogP contribution in [-0.2, 0) is 20.9 Å². The molecule has 3 heterocycles. The Hall–Kier alpha value is -2.58. The van der Waals surface area contributed by atoms with Crippen LogP contribution in [0.2, 0.25) is 5.02 Å². The number of hydrogen-bond donors (Lipinski definition) is 0. The van der Waals surface area contributed by atoms with E-state index in [1.54, 1.807) is 34.1 Å². The summed E-state index contributed by atoms with van der Waals surface area (Å²) >= 11 is 5.95. The van der Waals surface area contributed by atoms with Gasteiger partial charge in [-0.25, -0.2) is 0 Å². The monoisotopic (exact) mass is 447 g/mol. The molecule has 1 aromatic carbocycles. The van der Waals surface area contributed by atoms with Gasteiger partial charge < -0.3 is 23.8 Å². The molecule has 0 saturated carbocycles. The second-order valence-corrected chi connectivity index (χ2v) is 8.53. The van der Waals surface area contributed by atoms with E-state index in [1.807, 2.05) is 13.0 Å². The number of amides is 2. The molecule has 166 valence electrons. The molecule has 0 atom stereocenters. The Morgan fingerprint density at radius 3 is 2.81 bits per heavy atom. The number of aromatic nitrogens is 1. The van der Waals surface area contributed by atoms with Gasteiger partial charge in [0, 0.05) is 24.2 Å². The van der Waals surface area contributed by atoms with Gasteiger partial charge in [0.25, 0.3) is 5.91 Å². The summed E-state index contributed by atoms with van der Waals surface area (Å²) in [5.74, 6) is 1.19. The van der Waals surface area contributed by atoms with E-state index in [0.29, 0.717) is 68.6 Å². The van der Waals surface area contributed by atoms with Gasteiger partial charge in [0.05, 0.1) is 37.4 Å². The largest absolute Gasteiger partial charge is 0.484 e. The standard InChI is InChI=1S/C22H26ClN3O5/c1-16-11-19(31-24-16)13-26-15-22(30-10-5-20(26)27)6-8-25(9-7-22)21(28)14-29-18-4-2-3-17(23)12-18/h2-4,11-12H,5-10,13-15H2,1H3. The average Bonchev–Trinajstić information content (AvgIpc) is 3.10. The van der Waals surface area contributed by atoms with E-state index in [2.05, 4.69) is 5.16 Å². The van der Waals surface area contributed by atoms with E-state index in [1.165, 1.54) is 0 Å². The molecule has 31 heavy (non-hydrogen) atoms. The van der Waals surface area contributed by atoms with Crippen LogP contribution in [0.3, 0.4) is 0 Å². The highest BCUT2D eigenvalue weighted by Crippen LogP contribution is 2.31. The number of likely N-dealkylation sites (tertiary alicyclic amines) is 1. The number of halogens is 1. The molecule has 0 N–H and O–H groups in total. The van der Waals surface area contributed by atoms with Crippen LogP contribution in [0.15, 0.2) is 34.9 Å². The van der Waals surface area contributed by atoms with Gasteiger partial charge in [-0.2, -0.15) is 0 Å². The van der Waals surface area contributed by atoms with Gasteiger partial charge >= 0.3 is 0 Å². The van der Waals surface area contributed by atoms with Crippen LogP contribution < -0.4 is 4.74 Å². The summed E-state index contributed by atoms with van der Waals surface area (Å²) < 4.78 is 17.0. The molecule has 0 unspecified atom stereocenters. The van der Waals surface area contributed by atoms with Crippen LogP contribution in [0.4, 0.5) is 0 Å². The van der Waals surface area contributed by atoms with Crippen LogP contribution in [0.25, 0.3) is 0 Å². The molecule has 0 bridgehead atoms. The number of ether oxygens (including phenoxy) is 2. The third-order valence-electron chi connectivity index (χ3n) is 5.77. The lowest BCUT2D eigenvalue weighted by atomic mass is 9.90. The van der Waals surface area contributed by atoms with Gasteiger partial charge in [-0.1, -0.05) is 22.8 Å². The molecular weight excluding hydrogens is 422 g/mol. The number of carbonyl (C=O) groups is 2. The van der Waals surface area contributed by atoms with Crippen LogP contribution in [0.1, 0.15) is 30.7 Å². The minimum absolute atomic E-state index is 0.0380. The lowest BCUT2D eigenvalue weighted by Gasteiger charge is -2.42. The van der Waals surface area contributed by atoms with Crippen molar-refractivity contribution in [1.29, 1.82) is 0 Å². The predicted octanol–water partition coefficient (Wildman–Crippen LogP) is 2.83. The maximum atomic E-state index is 12.6. The zero-order valence-corrected chi connectivity index (χ0v) is 18.3. The highest BCUT2D eigenvalue weighted by molar-refractivity contribution is 6.30. The van der Waals surface area contributed by atoms with Crippen molar-refractivity contribution in [2.75, 3.05) is 32.8 Å². The normalized spacial score (nSPS) is 18.8. The predicted molar refractivity (Wildman–Crippen MR) is 113 cm³/mol. The molecule has 2 aromatic rings. The van der Waals surface area contributed by atoms with E-state index in [9.17, 15) is 9.59 Å². The zero-order valence-electron chi connectivity index (χ0n) is 17.5. The molecular formula is C22H26ClN3O5. The molecule has 2 aliphatic heterocycles. The molecule has 1 spiro atoms. The van der Waals surface area contributed by atoms with E-state index >= 15 is 0 Å². The Labute approximate surface area is 186 Å². The number of piperidine rings is 1. The number of aryl methyl sites for hydroxylation is 1. The molecule has 4 rings (SSSR count).